The monoisotopic (exact) mass is 247 g/mol. The SMILES string of the molecule is CCNC(C)c1nc2ccccc2n1CCOC. The van der Waals surface area contributed by atoms with Crippen LogP contribution >= 0.6 is 0 Å². The van der Waals surface area contributed by atoms with Gasteiger partial charge in [-0.1, -0.05) is 19.1 Å². The number of hydrogen-bond donors (Lipinski definition) is 1. The molecule has 0 saturated carbocycles. The summed E-state index contributed by atoms with van der Waals surface area (Å²) < 4.78 is 7.43. The van der Waals surface area contributed by atoms with Crippen LogP contribution in [0.2, 0.25) is 0 Å². The quantitative estimate of drug-likeness (QED) is 0.851. The number of aromatic nitrogens is 2. The van der Waals surface area contributed by atoms with Gasteiger partial charge in [-0.25, -0.2) is 4.98 Å². The highest BCUT2D eigenvalue weighted by Gasteiger charge is 2.15. The van der Waals surface area contributed by atoms with E-state index in [2.05, 4.69) is 41.9 Å². The molecule has 0 amide bonds. The predicted octanol–water partition coefficient (Wildman–Crippen LogP) is 2.35. The summed E-state index contributed by atoms with van der Waals surface area (Å²) in [6.45, 7) is 6.73. The first kappa shape index (κ1) is 13.1. The zero-order valence-electron chi connectivity index (χ0n) is 11.3. The van der Waals surface area contributed by atoms with Crippen molar-refractivity contribution in [3.63, 3.8) is 0 Å². The molecule has 0 aliphatic carbocycles. The highest BCUT2D eigenvalue weighted by Crippen LogP contribution is 2.20. The number of imidazole rings is 1. The predicted molar refractivity (Wildman–Crippen MR) is 73.7 cm³/mol. The molecule has 1 aromatic carbocycles. The lowest BCUT2D eigenvalue weighted by atomic mass is 10.3. The van der Waals surface area contributed by atoms with Crippen LogP contribution in [0.3, 0.4) is 0 Å². The summed E-state index contributed by atoms with van der Waals surface area (Å²) in [5.74, 6) is 1.08. The van der Waals surface area contributed by atoms with Crippen LogP contribution < -0.4 is 5.32 Å². The molecule has 2 aromatic rings. The van der Waals surface area contributed by atoms with Crippen LogP contribution in [0.25, 0.3) is 11.0 Å². The van der Waals surface area contributed by atoms with E-state index in [1.54, 1.807) is 7.11 Å². The first-order valence-corrected chi connectivity index (χ1v) is 6.45. The van der Waals surface area contributed by atoms with Gasteiger partial charge in [-0.15, -0.1) is 0 Å². The van der Waals surface area contributed by atoms with E-state index in [9.17, 15) is 0 Å². The zero-order valence-corrected chi connectivity index (χ0v) is 11.3. The summed E-state index contributed by atoms with van der Waals surface area (Å²) in [6.07, 6.45) is 0. The van der Waals surface area contributed by atoms with Crippen LogP contribution in [-0.2, 0) is 11.3 Å². The van der Waals surface area contributed by atoms with Gasteiger partial charge in [-0.05, 0) is 25.6 Å². The minimum absolute atomic E-state index is 0.249. The summed E-state index contributed by atoms with van der Waals surface area (Å²) >= 11 is 0. The Morgan fingerprint density at radius 2 is 2.17 bits per heavy atom. The van der Waals surface area contributed by atoms with Gasteiger partial charge in [0.05, 0.1) is 23.7 Å². The van der Waals surface area contributed by atoms with Crippen LogP contribution in [0, 0.1) is 0 Å². The molecule has 1 N–H and O–H groups in total. The van der Waals surface area contributed by atoms with Gasteiger partial charge in [0.2, 0.25) is 0 Å². The summed E-state index contributed by atoms with van der Waals surface area (Å²) in [4.78, 5) is 4.73. The molecule has 18 heavy (non-hydrogen) atoms. The van der Waals surface area contributed by atoms with E-state index in [0.717, 1.165) is 24.4 Å². The van der Waals surface area contributed by atoms with Crippen molar-refractivity contribution in [3.8, 4) is 0 Å². The molecule has 0 spiro atoms. The molecule has 1 aromatic heterocycles. The van der Waals surface area contributed by atoms with Crippen molar-refractivity contribution in [2.45, 2.75) is 26.4 Å². The van der Waals surface area contributed by atoms with Gasteiger partial charge in [-0.2, -0.15) is 0 Å². The van der Waals surface area contributed by atoms with Gasteiger partial charge in [0.25, 0.3) is 0 Å². The third-order valence-electron chi connectivity index (χ3n) is 3.10. The summed E-state index contributed by atoms with van der Waals surface area (Å²) in [5.41, 5.74) is 2.22. The Balaban J connectivity index is 2.42. The van der Waals surface area contributed by atoms with Crippen molar-refractivity contribution >= 4 is 11.0 Å². The smallest absolute Gasteiger partial charge is 0.126 e. The number of rotatable bonds is 6. The molecule has 2 rings (SSSR count). The molecular weight excluding hydrogens is 226 g/mol. The number of nitrogens with zero attached hydrogens (tertiary/aromatic N) is 2. The highest BCUT2D eigenvalue weighted by atomic mass is 16.5. The summed E-state index contributed by atoms with van der Waals surface area (Å²) in [5, 5.41) is 3.42. The maximum atomic E-state index is 5.19. The first-order valence-electron chi connectivity index (χ1n) is 6.45. The number of ether oxygens (including phenoxy) is 1. The normalized spacial score (nSPS) is 13.1. The number of methoxy groups -OCH3 is 1. The Labute approximate surface area is 108 Å². The van der Waals surface area contributed by atoms with Gasteiger partial charge in [0, 0.05) is 13.7 Å². The molecule has 4 nitrogen and oxygen atoms in total. The van der Waals surface area contributed by atoms with E-state index in [4.69, 9.17) is 9.72 Å². The number of hydrogen-bond acceptors (Lipinski definition) is 3. The summed E-state index contributed by atoms with van der Waals surface area (Å²) in [7, 11) is 1.73. The van der Waals surface area contributed by atoms with E-state index in [-0.39, 0.29) is 6.04 Å². The minimum atomic E-state index is 0.249. The molecular formula is C14H21N3O. The lowest BCUT2D eigenvalue weighted by molar-refractivity contribution is 0.187. The van der Waals surface area contributed by atoms with Gasteiger partial charge in [0.1, 0.15) is 5.82 Å². The minimum Gasteiger partial charge on any atom is -0.383 e. The average molecular weight is 247 g/mol. The largest absolute Gasteiger partial charge is 0.383 e. The molecule has 0 radical (unpaired) electrons. The Hall–Kier alpha value is -1.39. The molecule has 0 fully saturated rings. The van der Waals surface area contributed by atoms with E-state index in [0.29, 0.717) is 6.61 Å². The molecule has 4 heteroatoms. The highest BCUT2D eigenvalue weighted by molar-refractivity contribution is 5.76. The number of fused-ring (bicyclic) bond motifs is 1. The maximum absolute atomic E-state index is 5.19. The maximum Gasteiger partial charge on any atom is 0.126 e. The molecule has 0 aliphatic heterocycles. The number of benzene rings is 1. The molecule has 0 saturated heterocycles. The number of para-hydroxylation sites is 2. The fourth-order valence-electron chi connectivity index (χ4n) is 2.24. The van der Waals surface area contributed by atoms with Crippen LogP contribution in [0.4, 0.5) is 0 Å². The van der Waals surface area contributed by atoms with Gasteiger partial charge >= 0.3 is 0 Å². The third kappa shape index (κ3) is 2.54. The van der Waals surface area contributed by atoms with Gasteiger partial charge in [-0.3, -0.25) is 0 Å². The molecule has 0 aliphatic rings. The Morgan fingerprint density at radius 1 is 1.39 bits per heavy atom. The lowest BCUT2D eigenvalue weighted by Crippen LogP contribution is -2.22. The van der Waals surface area contributed by atoms with Crippen LogP contribution in [-0.4, -0.2) is 29.8 Å². The molecule has 98 valence electrons. The van der Waals surface area contributed by atoms with E-state index in [1.807, 2.05) is 6.07 Å². The average Bonchev–Trinajstić information content (AvgIpc) is 2.75. The molecule has 1 unspecified atom stereocenters. The molecule has 1 atom stereocenters. The van der Waals surface area contributed by atoms with Crippen molar-refractivity contribution in [1.82, 2.24) is 14.9 Å². The zero-order chi connectivity index (χ0) is 13.0. The van der Waals surface area contributed by atoms with E-state index < -0.39 is 0 Å². The van der Waals surface area contributed by atoms with Crippen LogP contribution in [0.15, 0.2) is 24.3 Å². The second-order valence-electron chi connectivity index (χ2n) is 4.38. The third-order valence-corrected chi connectivity index (χ3v) is 3.10. The molecule has 1 heterocycles. The Morgan fingerprint density at radius 3 is 2.89 bits per heavy atom. The van der Waals surface area contributed by atoms with Crippen molar-refractivity contribution < 1.29 is 4.74 Å². The van der Waals surface area contributed by atoms with Crippen molar-refractivity contribution in [3.05, 3.63) is 30.1 Å². The van der Waals surface area contributed by atoms with Gasteiger partial charge in [0.15, 0.2) is 0 Å². The van der Waals surface area contributed by atoms with Gasteiger partial charge < -0.3 is 14.6 Å². The van der Waals surface area contributed by atoms with Crippen molar-refractivity contribution in [2.75, 3.05) is 20.3 Å². The molecule has 0 bridgehead atoms. The fraction of sp³-hybridized carbons (Fsp3) is 0.500. The Bertz CT molecular complexity index is 507. The second-order valence-corrected chi connectivity index (χ2v) is 4.38. The first-order chi connectivity index (χ1) is 8.77. The second kappa shape index (κ2) is 5.98. The fourth-order valence-corrected chi connectivity index (χ4v) is 2.24. The topological polar surface area (TPSA) is 39.1 Å². The van der Waals surface area contributed by atoms with Crippen molar-refractivity contribution in [1.29, 1.82) is 0 Å². The van der Waals surface area contributed by atoms with Crippen LogP contribution in [0.1, 0.15) is 25.7 Å². The Kier molecular flexibility index (Phi) is 4.33. The van der Waals surface area contributed by atoms with E-state index >= 15 is 0 Å². The van der Waals surface area contributed by atoms with Crippen molar-refractivity contribution in [2.24, 2.45) is 0 Å². The lowest BCUT2D eigenvalue weighted by Gasteiger charge is -2.15. The number of nitrogens with one attached hydrogen (secondary N) is 1. The van der Waals surface area contributed by atoms with E-state index in [1.165, 1.54) is 5.52 Å². The van der Waals surface area contributed by atoms with Crippen LogP contribution in [0.5, 0.6) is 0 Å². The standard InChI is InChI=1S/C14H21N3O/c1-4-15-11(2)14-16-12-7-5-6-8-13(12)17(14)9-10-18-3/h5-8,11,15H,4,9-10H2,1-3H3. The summed E-state index contributed by atoms with van der Waals surface area (Å²) in [6, 6.07) is 8.49.